The molecule has 0 radical (unpaired) electrons. The average Bonchev–Trinajstić information content (AvgIpc) is 2.49. The van der Waals surface area contributed by atoms with Gasteiger partial charge >= 0.3 is 0 Å². The van der Waals surface area contributed by atoms with E-state index < -0.39 is 5.91 Å². The summed E-state index contributed by atoms with van der Waals surface area (Å²) >= 11 is 0. The van der Waals surface area contributed by atoms with Crippen molar-refractivity contribution in [2.45, 2.75) is 25.9 Å². The van der Waals surface area contributed by atoms with Gasteiger partial charge in [-0.15, -0.1) is 0 Å². The Bertz CT molecular complexity index is 581. The Kier molecular flexibility index (Phi) is 5.06. The van der Waals surface area contributed by atoms with E-state index in [1.54, 1.807) is 12.1 Å². The van der Waals surface area contributed by atoms with Gasteiger partial charge in [0.25, 0.3) is 0 Å². The van der Waals surface area contributed by atoms with E-state index in [-0.39, 0.29) is 6.04 Å². The van der Waals surface area contributed by atoms with Crippen molar-refractivity contribution in [3.05, 3.63) is 65.5 Å². The van der Waals surface area contributed by atoms with E-state index in [0.717, 1.165) is 24.2 Å². The molecule has 4 heteroatoms. The van der Waals surface area contributed by atoms with Gasteiger partial charge in [-0.2, -0.15) is 0 Å². The molecule has 2 N–H and O–H groups in total. The van der Waals surface area contributed by atoms with E-state index in [0.29, 0.717) is 5.56 Å². The van der Waals surface area contributed by atoms with Crippen LogP contribution in [0.5, 0.6) is 0 Å². The summed E-state index contributed by atoms with van der Waals surface area (Å²) in [7, 11) is 2.09. The SMILES string of the molecule is CC[C@H](c1ccccn1)N(C)Cc1ccc(C(N)=O)cc1. The Hall–Kier alpha value is -2.20. The van der Waals surface area contributed by atoms with Gasteiger partial charge in [0.05, 0.1) is 11.7 Å². The minimum atomic E-state index is -0.394. The molecule has 0 saturated carbocycles. The van der Waals surface area contributed by atoms with Gasteiger partial charge < -0.3 is 5.73 Å². The Morgan fingerprint density at radius 1 is 1.24 bits per heavy atom. The largest absolute Gasteiger partial charge is 0.366 e. The Balaban J connectivity index is 2.09. The van der Waals surface area contributed by atoms with Crippen LogP contribution in [0, 0.1) is 0 Å². The van der Waals surface area contributed by atoms with Crippen LogP contribution >= 0.6 is 0 Å². The summed E-state index contributed by atoms with van der Waals surface area (Å²) in [6.45, 7) is 2.96. The summed E-state index contributed by atoms with van der Waals surface area (Å²) in [5, 5.41) is 0. The van der Waals surface area contributed by atoms with Crippen LogP contribution in [0.15, 0.2) is 48.7 Å². The molecule has 4 nitrogen and oxygen atoms in total. The molecule has 0 spiro atoms. The van der Waals surface area contributed by atoms with E-state index >= 15 is 0 Å². The maximum atomic E-state index is 11.1. The van der Waals surface area contributed by atoms with Gasteiger partial charge in [-0.05, 0) is 43.3 Å². The van der Waals surface area contributed by atoms with Crippen molar-refractivity contribution in [2.75, 3.05) is 7.05 Å². The molecule has 0 aliphatic carbocycles. The fraction of sp³-hybridized carbons (Fsp3) is 0.294. The zero-order chi connectivity index (χ0) is 15.2. The first kappa shape index (κ1) is 15.2. The van der Waals surface area contributed by atoms with E-state index in [9.17, 15) is 4.79 Å². The number of hydrogen-bond donors (Lipinski definition) is 1. The molecule has 0 aliphatic heterocycles. The second-order valence-electron chi connectivity index (χ2n) is 5.15. The summed E-state index contributed by atoms with van der Waals surface area (Å²) in [6.07, 6.45) is 2.82. The van der Waals surface area contributed by atoms with Crippen molar-refractivity contribution >= 4 is 5.91 Å². The van der Waals surface area contributed by atoms with Gasteiger partial charge in [-0.3, -0.25) is 14.7 Å². The van der Waals surface area contributed by atoms with Crippen LogP contribution in [0.2, 0.25) is 0 Å². The van der Waals surface area contributed by atoms with Crippen LogP contribution < -0.4 is 5.73 Å². The molecule has 1 amide bonds. The molecule has 0 fully saturated rings. The number of carbonyl (C=O) groups excluding carboxylic acids is 1. The average molecular weight is 283 g/mol. The fourth-order valence-corrected chi connectivity index (χ4v) is 2.49. The normalized spacial score (nSPS) is 12.3. The molecule has 21 heavy (non-hydrogen) atoms. The van der Waals surface area contributed by atoms with Gasteiger partial charge in [0.1, 0.15) is 0 Å². The number of aromatic nitrogens is 1. The minimum Gasteiger partial charge on any atom is -0.366 e. The standard InChI is InChI=1S/C17H21N3O/c1-3-16(15-6-4-5-11-19-15)20(2)12-13-7-9-14(10-8-13)17(18)21/h4-11,16H,3,12H2,1-2H3,(H2,18,21)/t16-/m1/s1. The number of benzene rings is 1. The monoisotopic (exact) mass is 283 g/mol. The number of nitrogens with two attached hydrogens (primary N) is 1. The molecule has 110 valence electrons. The maximum absolute atomic E-state index is 11.1. The molecule has 0 aliphatic rings. The van der Waals surface area contributed by atoms with Crippen LogP contribution in [-0.2, 0) is 6.54 Å². The van der Waals surface area contributed by atoms with Crippen molar-refractivity contribution in [1.29, 1.82) is 0 Å². The molecule has 1 aromatic carbocycles. The third kappa shape index (κ3) is 3.89. The third-order valence-electron chi connectivity index (χ3n) is 3.62. The predicted octanol–water partition coefficient (Wildman–Crippen LogP) is 2.76. The van der Waals surface area contributed by atoms with Crippen molar-refractivity contribution < 1.29 is 4.79 Å². The highest BCUT2D eigenvalue weighted by molar-refractivity contribution is 5.92. The zero-order valence-electron chi connectivity index (χ0n) is 12.5. The van der Waals surface area contributed by atoms with Crippen molar-refractivity contribution in [3.8, 4) is 0 Å². The lowest BCUT2D eigenvalue weighted by Crippen LogP contribution is -2.24. The van der Waals surface area contributed by atoms with Gasteiger partial charge in [-0.1, -0.05) is 25.1 Å². The first-order chi connectivity index (χ1) is 10.1. The highest BCUT2D eigenvalue weighted by Gasteiger charge is 2.16. The number of rotatable bonds is 6. The van der Waals surface area contributed by atoms with E-state index in [1.165, 1.54) is 0 Å². The topological polar surface area (TPSA) is 59.2 Å². The highest BCUT2D eigenvalue weighted by Crippen LogP contribution is 2.22. The van der Waals surface area contributed by atoms with Gasteiger partial charge in [0, 0.05) is 18.3 Å². The fourth-order valence-electron chi connectivity index (χ4n) is 2.49. The van der Waals surface area contributed by atoms with Crippen molar-refractivity contribution in [2.24, 2.45) is 5.73 Å². The molecular formula is C17H21N3O. The molecule has 1 aromatic heterocycles. The van der Waals surface area contributed by atoms with Gasteiger partial charge in [-0.25, -0.2) is 0 Å². The lowest BCUT2D eigenvalue weighted by Gasteiger charge is -2.26. The van der Waals surface area contributed by atoms with E-state index in [1.807, 2.05) is 30.5 Å². The van der Waals surface area contributed by atoms with Gasteiger partial charge in [0.2, 0.25) is 5.91 Å². The van der Waals surface area contributed by atoms with E-state index in [2.05, 4.69) is 29.9 Å². The zero-order valence-corrected chi connectivity index (χ0v) is 12.5. The Morgan fingerprint density at radius 2 is 1.95 bits per heavy atom. The van der Waals surface area contributed by atoms with Crippen LogP contribution in [-0.4, -0.2) is 22.8 Å². The highest BCUT2D eigenvalue weighted by atomic mass is 16.1. The molecule has 2 aromatic rings. The maximum Gasteiger partial charge on any atom is 0.248 e. The van der Waals surface area contributed by atoms with Crippen molar-refractivity contribution in [3.63, 3.8) is 0 Å². The number of nitrogens with zero attached hydrogens (tertiary/aromatic N) is 2. The molecule has 1 atom stereocenters. The smallest absolute Gasteiger partial charge is 0.248 e. The number of hydrogen-bond acceptors (Lipinski definition) is 3. The van der Waals surface area contributed by atoms with E-state index in [4.69, 9.17) is 5.73 Å². The molecule has 0 unspecified atom stereocenters. The van der Waals surface area contributed by atoms with Gasteiger partial charge in [0.15, 0.2) is 0 Å². The predicted molar refractivity (Wildman–Crippen MR) is 83.7 cm³/mol. The van der Waals surface area contributed by atoms with Crippen LogP contribution in [0.3, 0.4) is 0 Å². The molecular weight excluding hydrogens is 262 g/mol. The minimum absolute atomic E-state index is 0.280. The summed E-state index contributed by atoms with van der Waals surface area (Å²) in [6, 6.07) is 13.7. The molecule has 2 rings (SSSR count). The second kappa shape index (κ2) is 6.99. The number of carbonyl (C=O) groups is 1. The lowest BCUT2D eigenvalue weighted by molar-refractivity contribution is 0.100. The van der Waals surface area contributed by atoms with Crippen LogP contribution in [0.4, 0.5) is 0 Å². The number of pyridine rings is 1. The Morgan fingerprint density at radius 3 is 2.48 bits per heavy atom. The first-order valence-electron chi connectivity index (χ1n) is 7.11. The summed E-state index contributed by atoms with van der Waals surface area (Å²) in [5.41, 5.74) is 8.02. The number of primary amides is 1. The molecule has 1 heterocycles. The number of amides is 1. The third-order valence-corrected chi connectivity index (χ3v) is 3.62. The Labute approximate surface area is 125 Å². The first-order valence-corrected chi connectivity index (χ1v) is 7.11. The van der Waals surface area contributed by atoms with Crippen LogP contribution in [0.25, 0.3) is 0 Å². The summed E-state index contributed by atoms with van der Waals surface area (Å²) in [4.78, 5) is 17.8. The quantitative estimate of drug-likeness (QED) is 0.886. The van der Waals surface area contributed by atoms with Crippen LogP contribution in [0.1, 0.15) is 41.0 Å². The molecule has 0 bridgehead atoms. The second-order valence-corrected chi connectivity index (χ2v) is 5.15. The lowest BCUT2D eigenvalue weighted by atomic mass is 10.1. The molecule has 0 saturated heterocycles. The summed E-state index contributed by atoms with van der Waals surface area (Å²) < 4.78 is 0. The van der Waals surface area contributed by atoms with Crippen molar-refractivity contribution in [1.82, 2.24) is 9.88 Å². The summed E-state index contributed by atoms with van der Waals surface area (Å²) in [5.74, 6) is -0.394.